The topological polar surface area (TPSA) is 55.1 Å². The van der Waals surface area contributed by atoms with Crippen LogP contribution >= 0.6 is 11.3 Å². The van der Waals surface area contributed by atoms with E-state index in [0.29, 0.717) is 0 Å². The summed E-state index contributed by atoms with van der Waals surface area (Å²) in [7, 11) is 0. The summed E-state index contributed by atoms with van der Waals surface area (Å²) in [6, 6.07) is 1.83. The molecule has 0 radical (unpaired) electrons. The molecule has 2 aromatic rings. The van der Waals surface area contributed by atoms with Gasteiger partial charge in [-0.3, -0.25) is 9.36 Å². The van der Waals surface area contributed by atoms with Crippen LogP contribution in [0.1, 0.15) is 5.56 Å². The van der Waals surface area contributed by atoms with E-state index >= 15 is 0 Å². The molecule has 1 N–H and O–H groups in total. The number of aliphatic carboxylic acids is 1. The van der Waals surface area contributed by atoms with Crippen molar-refractivity contribution in [2.45, 2.75) is 6.42 Å². The second-order valence-corrected chi connectivity index (χ2v) is 3.69. The maximum atomic E-state index is 10.6. The van der Waals surface area contributed by atoms with Gasteiger partial charge in [0, 0.05) is 12.4 Å². The van der Waals surface area contributed by atoms with Crippen LogP contribution in [0.15, 0.2) is 30.2 Å². The Morgan fingerprint density at radius 2 is 2.50 bits per heavy atom. The number of carboxylic acid groups (broad SMARTS) is 1. The number of carboxylic acids is 1. The Morgan fingerprint density at radius 1 is 1.64 bits per heavy atom. The first-order valence-electron chi connectivity index (χ1n) is 4.04. The van der Waals surface area contributed by atoms with Crippen molar-refractivity contribution >= 4 is 17.3 Å². The highest BCUT2D eigenvalue weighted by atomic mass is 32.1. The molecule has 0 unspecified atom stereocenters. The van der Waals surface area contributed by atoms with Crippen molar-refractivity contribution < 1.29 is 9.90 Å². The van der Waals surface area contributed by atoms with Gasteiger partial charge in [0.05, 0.1) is 12.7 Å². The van der Waals surface area contributed by atoms with Crippen LogP contribution in [0, 0.1) is 0 Å². The summed E-state index contributed by atoms with van der Waals surface area (Å²) in [5.74, 6) is -0.815. The summed E-state index contributed by atoms with van der Waals surface area (Å²) in [4.78, 5) is 14.5. The molecular formula is C9H8N2O2S. The van der Waals surface area contributed by atoms with Crippen LogP contribution in [0.3, 0.4) is 0 Å². The largest absolute Gasteiger partial charge is 0.481 e. The van der Waals surface area contributed by atoms with E-state index in [2.05, 4.69) is 4.98 Å². The molecule has 0 aliphatic heterocycles. The van der Waals surface area contributed by atoms with Crippen LogP contribution in [0.5, 0.6) is 0 Å². The lowest BCUT2D eigenvalue weighted by atomic mass is 10.2. The van der Waals surface area contributed by atoms with E-state index in [0.717, 1.165) is 10.6 Å². The minimum atomic E-state index is -0.815. The van der Waals surface area contributed by atoms with Crippen LogP contribution in [-0.4, -0.2) is 20.6 Å². The molecule has 0 aliphatic carbocycles. The van der Waals surface area contributed by atoms with Crippen molar-refractivity contribution in [3.05, 3.63) is 35.7 Å². The lowest BCUT2D eigenvalue weighted by Gasteiger charge is -2.00. The molecule has 0 aliphatic rings. The van der Waals surface area contributed by atoms with Gasteiger partial charge in [0.2, 0.25) is 0 Å². The molecule has 5 heteroatoms. The Balaban J connectivity index is 2.35. The Bertz CT molecular complexity index is 433. The van der Waals surface area contributed by atoms with Crippen molar-refractivity contribution in [3.63, 3.8) is 0 Å². The van der Waals surface area contributed by atoms with Crippen molar-refractivity contribution in [2.24, 2.45) is 0 Å². The lowest BCUT2D eigenvalue weighted by Crippen LogP contribution is -2.01. The van der Waals surface area contributed by atoms with E-state index in [1.165, 1.54) is 11.3 Å². The summed E-state index contributed by atoms with van der Waals surface area (Å²) in [6.45, 7) is 0. The molecule has 2 heterocycles. The fourth-order valence-electron chi connectivity index (χ4n) is 1.23. The first-order valence-corrected chi connectivity index (χ1v) is 4.92. The molecule has 0 amide bonds. The van der Waals surface area contributed by atoms with Gasteiger partial charge in [0.15, 0.2) is 0 Å². The first kappa shape index (κ1) is 8.96. The molecule has 0 spiro atoms. The quantitative estimate of drug-likeness (QED) is 0.832. The van der Waals surface area contributed by atoms with Gasteiger partial charge in [-0.25, -0.2) is 4.98 Å². The molecule has 4 nitrogen and oxygen atoms in total. The molecule has 2 aromatic heterocycles. The normalized spacial score (nSPS) is 10.3. The SMILES string of the molecule is O=C(O)Cc1ccsc1-n1ccnc1. The Labute approximate surface area is 84.5 Å². The van der Waals surface area contributed by atoms with E-state index in [1.54, 1.807) is 18.7 Å². The minimum Gasteiger partial charge on any atom is -0.481 e. The van der Waals surface area contributed by atoms with E-state index < -0.39 is 5.97 Å². The van der Waals surface area contributed by atoms with Gasteiger partial charge in [-0.05, 0) is 17.0 Å². The molecule has 14 heavy (non-hydrogen) atoms. The Morgan fingerprint density at radius 3 is 3.14 bits per heavy atom. The highest BCUT2D eigenvalue weighted by Crippen LogP contribution is 2.21. The predicted molar refractivity (Wildman–Crippen MR) is 52.8 cm³/mol. The van der Waals surface area contributed by atoms with E-state index in [1.807, 2.05) is 16.0 Å². The third-order valence-electron chi connectivity index (χ3n) is 1.80. The predicted octanol–water partition coefficient (Wildman–Crippen LogP) is 1.56. The van der Waals surface area contributed by atoms with Gasteiger partial charge in [-0.15, -0.1) is 11.3 Å². The van der Waals surface area contributed by atoms with Gasteiger partial charge in [0.1, 0.15) is 5.00 Å². The second kappa shape index (κ2) is 3.63. The number of carbonyl (C=O) groups is 1. The number of imidazole rings is 1. The number of thiophene rings is 1. The fourth-order valence-corrected chi connectivity index (χ4v) is 2.11. The van der Waals surface area contributed by atoms with Crippen molar-refractivity contribution in [1.29, 1.82) is 0 Å². The second-order valence-electron chi connectivity index (χ2n) is 2.79. The van der Waals surface area contributed by atoms with Crippen LogP contribution in [0.4, 0.5) is 0 Å². The standard InChI is InChI=1S/C9H8N2O2S/c12-8(13)5-7-1-4-14-9(7)11-3-2-10-6-11/h1-4,6H,5H2,(H,12,13). The van der Waals surface area contributed by atoms with Crippen molar-refractivity contribution in [1.82, 2.24) is 9.55 Å². The van der Waals surface area contributed by atoms with Gasteiger partial charge in [-0.1, -0.05) is 0 Å². The summed E-state index contributed by atoms with van der Waals surface area (Å²) in [6.07, 6.45) is 5.19. The summed E-state index contributed by atoms with van der Waals surface area (Å²) in [5.41, 5.74) is 0.820. The Hall–Kier alpha value is -1.62. The molecule has 2 rings (SSSR count). The number of nitrogens with zero attached hydrogens (tertiary/aromatic N) is 2. The molecule has 0 saturated heterocycles. The number of hydrogen-bond acceptors (Lipinski definition) is 3. The van der Waals surface area contributed by atoms with E-state index in [9.17, 15) is 4.79 Å². The zero-order chi connectivity index (χ0) is 9.97. The maximum absolute atomic E-state index is 10.6. The van der Waals surface area contributed by atoms with Crippen molar-refractivity contribution in [3.8, 4) is 5.00 Å². The zero-order valence-corrected chi connectivity index (χ0v) is 8.07. The van der Waals surface area contributed by atoms with E-state index in [4.69, 9.17) is 5.11 Å². The van der Waals surface area contributed by atoms with Gasteiger partial charge < -0.3 is 5.11 Å². The third kappa shape index (κ3) is 1.67. The van der Waals surface area contributed by atoms with E-state index in [-0.39, 0.29) is 6.42 Å². The Kier molecular flexibility index (Phi) is 2.32. The number of aromatic nitrogens is 2. The minimum absolute atomic E-state index is 0.0526. The summed E-state index contributed by atoms with van der Waals surface area (Å²) in [5, 5.41) is 11.5. The van der Waals surface area contributed by atoms with Crippen LogP contribution in [-0.2, 0) is 11.2 Å². The summed E-state index contributed by atoms with van der Waals surface area (Å²) < 4.78 is 1.82. The molecular weight excluding hydrogens is 200 g/mol. The van der Waals surface area contributed by atoms with Crippen molar-refractivity contribution in [2.75, 3.05) is 0 Å². The van der Waals surface area contributed by atoms with Gasteiger partial charge in [-0.2, -0.15) is 0 Å². The smallest absolute Gasteiger partial charge is 0.307 e. The van der Waals surface area contributed by atoms with Crippen LogP contribution < -0.4 is 0 Å². The zero-order valence-electron chi connectivity index (χ0n) is 7.25. The molecule has 0 saturated carbocycles. The van der Waals surface area contributed by atoms with Gasteiger partial charge in [0.25, 0.3) is 0 Å². The number of rotatable bonds is 3. The fraction of sp³-hybridized carbons (Fsp3) is 0.111. The molecule has 0 fully saturated rings. The maximum Gasteiger partial charge on any atom is 0.307 e. The average Bonchev–Trinajstić information content (AvgIpc) is 2.70. The first-order chi connectivity index (χ1) is 6.77. The monoisotopic (exact) mass is 208 g/mol. The number of hydrogen-bond donors (Lipinski definition) is 1. The molecule has 0 aromatic carbocycles. The third-order valence-corrected chi connectivity index (χ3v) is 2.77. The molecule has 0 bridgehead atoms. The molecule has 0 atom stereocenters. The van der Waals surface area contributed by atoms with Crippen LogP contribution in [0.2, 0.25) is 0 Å². The average molecular weight is 208 g/mol. The van der Waals surface area contributed by atoms with Gasteiger partial charge >= 0.3 is 5.97 Å². The summed E-state index contributed by atoms with van der Waals surface area (Å²) >= 11 is 1.51. The molecule has 72 valence electrons. The highest BCUT2D eigenvalue weighted by Gasteiger charge is 2.09. The van der Waals surface area contributed by atoms with Crippen LogP contribution in [0.25, 0.3) is 5.00 Å². The highest BCUT2D eigenvalue weighted by molar-refractivity contribution is 7.12. The lowest BCUT2D eigenvalue weighted by molar-refractivity contribution is -0.136.